The van der Waals surface area contributed by atoms with Crippen LogP contribution in [0.3, 0.4) is 0 Å². The molecule has 37 heavy (non-hydrogen) atoms. The van der Waals surface area contributed by atoms with E-state index in [1.54, 1.807) is 42.8 Å². The summed E-state index contributed by atoms with van der Waals surface area (Å²) in [7, 11) is -0.294. The molecule has 0 saturated carbocycles. The van der Waals surface area contributed by atoms with Gasteiger partial charge in [0.25, 0.3) is 5.91 Å². The van der Waals surface area contributed by atoms with Gasteiger partial charge < -0.3 is 14.8 Å². The highest BCUT2D eigenvalue weighted by Gasteiger charge is 2.28. The van der Waals surface area contributed by atoms with Crippen molar-refractivity contribution in [1.82, 2.24) is 14.5 Å². The van der Waals surface area contributed by atoms with Crippen LogP contribution in [0, 0.1) is 0 Å². The quantitative estimate of drug-likeness (QED) is 0.460. The van der Waals surface area contributed by atoms with Gasteiger partial charge in [-0.25, -0.2) is 8.42 Å². The van der Waals surface area contributed by atoms with Crippen LogP contribution in [0.1, 0.15) is 34.5 Å². The van der Waals surface area contributed by atoms with Crippen molar-refractivity contribution in [2.75, 3.05) is 40.4 Å². The van der Waals surface area contributed by atoms with E-state index < -0.39 is 10.0 Å². The van der Waals surface area contributed by atoms with Crippen LogP contribution in [0.5, 0.6) is 11.5 Å². The monoisotopic (exact) mass is 523 g/mol. The Kier molecular flexibility index (Phi) is 8.48. The van der Waals surface area contributed by atoms with E-state index >= 15 is 0 Å². The second-order valence-electron chi connectivity index (χ2n) is 9.00. The molecule has 1 saturated heterocycles. The van der Waals surface area contributed by atoms with E-state index in [1.165, 1.54) is 0 Å². The summed E-state index contributed by atoms with van der Waals surface area (Å²) < 4.78 is 37.9. The maximum atomic E-state index is 12.8. The van der Waals surface area contributed by atoms with Gasteiger partial charge in [0.05, 0.1) is 25.2 Å². The zero-order valence-corrected chi connectivity index (χ0v) is 22.2. The van der Waals surface area contributed by atoms with E-state index in [2.05, 4.69) is 10.2 Å². The largest absolute Gasteiger partial charge is 0.493 e. The van der Waals surface area contributed by atoms with Gasteiger partial charge in [-0.1, -0.05) is 36.4 Å². The molecule has 3 aromatic rings. The molecule has 1 fully saturated rings. The van der Waals surface area contributed by atoms with Crippen molar-refractivity contribution in [3.8, 4) is 11.5 Å². The smallest absolute Gasteiger partial charge is 0.251 e. The zero-order chi connectivity index (χ0) is 26.4. The minimum atomic E-state index is -3.46. The molecule has 1 aliphatic heterocycles. The molecule has 4 rings (SSSR count). The third-order valence-electron chi connectivity index (χ3n) is 6.59. The molecule has 3 aromatic carbocycles. The summed E-state index contributed by atoms with van der Waals surface area (Å²) >= 11 is 0. The Hall–Kier alpha value is -3.40. The van der Waals surface area contributed by atoms with Crippen molar-refractivity contribution >= 4 is 15.9 Å². The summed E-state index contributed by atoms with van der Waals surface area (Å²) in [5, 5.41) is 3.03. The number of carbonyl (C=O) groups is 1. The Morgan fingerprint density at radius 1 is 0.892 bits per heavy atom. The minimum absolute atomic E-state index is 0.159. The summed E-state index contributed by atoms with van der Waals surface area (Å²) in [5.74, 6) is 1.09. The van der Waals surface area contributed by atoms with Gasteiger partial charge in [0, 0.05) is 38.3 Å². The molecule has 8 nitrogen and oxygen atoms in total. The standard InChI is InChI=1S/C28H33N3O5S/c1-21(24-13-14-26(35-2)27(19-24)36-3)29-28(32)23-11-9-22(10-12-23)20-30-15-17-31(18-16-30)37(33,34)25-7-5-4-6-8-25/h4-14,19,21H,15-18,20H2,1-3H3,(H,29,32)/t21-/m1/s1. The van der Waals surface area contributed by atoms with Gasteiger partial charge in [-0.2, -0.15) is 4.31 Å². The Labute approximate surface area is 218 Å². The van der Waals surface area contributed by atoms with Crippen LogP contribution >= 0.6 is 0 Å². The molecule has 0 unspecified atom stereocenters. The maximum Gasteiger partial charge on any atom is 0.251 e. The van der Waals surface area contributed by atoms with Gasteiger partial charge in [0.1, 0.15) is 0 Å². The summed E-state index contributed by atoms with van der Waals surface area (Å²) in [6.45, 7) is 4.82. The number of ether oxygens (including phenoxy) is 2. The molecule has 1 heterocycles. The number of methoxy groups -OCH3 is 2. The second kappa shape index (κ2) is 11.8. The molecular weight excluding hydrogens is 490 g/mol. The van der Waals surface area contributed by atoms with Crippen LogP contribution in [0.4, 0.5) is 0 Å². The molecule has 0 aromatic heterocycles. The van der Waals surface area contributed by atoms with Gasteiger partial charge >= 0.3 is 0 Å². The third-order valence-corrected chi connectivity index (χ3v) is 8.50. The third kappa shape index (κ3) is 6.30. The van der Waals surface area contributed by atoms with Crippen LogP contribution < -0.4 is 14.8 Å². The van der Waals surface area contributed by atoms with E-state index in [9.17, 15) is 13.2 Å². The van der Waals surface area contributed by atoms with Crippen LogP contribution in [0.15, 0.2) is 77.7 Å². The maximum absolute atomic E-state index is 12.8. The normalized spacial score (nSPS) is 15.6. The van der Waals surface area contributed by atoms with E-state index in [1.807, 2.05) is 55.5 Å². The molecule has 1 amide bonds. The van der Waals surface area contributed by atoms with E-state index in [0.29, 0.717) is 54.7 Å². The summed E-state index contributed by atoms with van der Waals surface area (Å²) in [6.07, 6.45) is 0. The molecule has 1 N–H and O–H groups in total. The molecule has 1 atom stereocenters. The number of nitrogens with zero attached hydrogens (tertiary/aromatic N) is 2. The first-order chi connectivity index (χ1) is 17.8. The first kappa shape index (κ1) is 26.7. The molecule has 0 spiro atoms. The minimum Gasteiger partial charge on any atom is -0.493 e. The number of sulfonamides is 1. The fourth-order valence-electron chi connectivity index (χ4n) is 4.37. The lowest BCUT2D eigenvalue weighted by Crippen LogP contribution is -2.48. The van der Waals surface area contributed by atoms with Crippen molar-refractivity contribution < 1.29 is 22.7 Å². The first-order valence-electron chi connectivity index (χ1n) is 12.2. The summed E-state index contributed by atoms with van der Waals surface area (Å²) in [5.41, 5.74) is 2.56. The van der Waals surface area contributed by atoms with Crippen molar-refractivity contribution in [1.29, 1.82) is 0 Å². The predicted octanol–water partition coefficient (Wildman–Crippen LogP) is 3.70. The van der Waals surface area contributed by atoms with E-state index in [4.69, 9.17) is 9.47 Å². The van der Waals surface area contributed by atoms with Crippen molar-refractivity contribution in [3.05, 3.63) is 89.5 Å². The van der Waals surface area contributed by atoms with Crippen LogP contribution in [0.2, 0.25) is 0 Å². The number of carbonyl (C=O) groups excluding carboxylic acids is 1. The van der Waals surface area contributed by atoms with Crippen molar-refractivity contribution in [3.63, 3.8) is 0 Å². The van der Waals surface area contributed by atoms with E-state index in [0.717, 1.165) is 11.1 Å². The van der Waals surface area contributed by atoms with Gasteiger partial charge in [-0.05, 0) is 54.4 Å². The van der Waals surface area contributed by atoms with Crippen LogP contribution in [-0.2, 0) is 16.6 Å². The zero-order valence-electron chi connectivity index (χ0n) is 21.4. The number of hydrogen-bond acceptors (Lipinski definition) is 6. The van der Waals surface area contributed by atoms with Gasteiger partial charge in [0.2, 0.25) is 10.0 Å². The lowest BCUT2D eigenvalue weighted by Gasteiger charge is -2.34. The van der Waals surface area contributed by atoms with E-state index in [-0.39, 0.29) is 11.9 Å². The Bertz CT molecular complexity index is 1310. The van der Waals surface area contributed by atoms with Crippen LogP contribution in [0.25, 0.3) is 0 Å². The molecular formula is C28H33N3O5S. The Morgan fingerprint density at radius 3 is 2.16 bits per heavy atom. The van der Waals surface area contributed by atoms with Gasteiger partial charge in [-0.15, -0.1) is 0 Å². The van der Waals surface area contributed by atoms with Gasteiger partial charge in [-0.3, -0.25) is 9.69 Å². The number of piperazine rings is 1. The number of benzene rings is 3. The summed E-state index contributed by atoms with van der Waals surface area (Å²) in [4.78, 5) is 15.4. The average molecular weight is 524 g/mol. The number of nitrogens with one attached hydrogen (secondary N) is 1. The average Bonchev–Trinajstić information content (AvgIpc) is 2.93. The molecule has 196 valence electrons. The predicted molar refractivity (Wildman–Crippen MR) is 142 cm³/mol. The topological polar surface area (TPSA) is 88.2 Å². The summed E-state index contributed by atoms with van der Waals surface area (Å²) in [6, 6.07) is 21.5. The molecule has 1 aliphatic rings. The Balaban J connectivity index is 1.30. The Morgan fingerprint density at radius 2 is 1.54 bits per heavy atom. The van der Waals surface area contributed by atoms with Crippen molar-refractivity contribution in [2.24, 2.45) is 0 Å². The fourth-order valence-corrected chi connectivity index (χ4v) is 5.82. The highest BCUT2D eigenvalue weighted by molar-refractivity contribution is 7.89. The molecule has 0 radical (unpaired) electrons. The number of amides is 1. The number of rotatable bonds is 9. The molecule has 9 heteroatoms. The lowest BCUT2D eigenvalue weighted by molar-refractivity contribution is 0.0939. The van der Waals surface area contributed by atoms with Gasteiger partial charge in [0.15, 0.2) is 11.5 Å². The molecule has 0 aliphatic carbocycles. The lowest BCUT2D eigenvalue weighted by atomic mass is 10.1. The van der Waals surface area contributed by atoms with Crippen LogP contribution in [-0.4, -0.2) is 63.9 Å². The highest BCUT2D eigenvalue weighted by Crippen LogP contribution is 2.30. The SMILES string of the molecule is COc1ccc([C@@H](C)NC(=O)c2ccc(CN3CCN(S(=O)(=O)c4ccccc4)CC3)cc2)cc1OC. The fraction of sp³-hybridized carbons (Fsp3) is 0.321. The van der Waals surface area contributed by atoms with Crippen molar-refractivity contribution in [2.45, 2.75) is 24.4 Å². The molecule has 0 bridgehead atoms. The highest BCUT2D eigenvalue weighted by atomic mass is 32.2. The first-order valence-corrected chi connectivity index (χ1v) is 13.6. The number of hydrogen-bond donors (Lipinski definition) is 1. The second-order valence-corrected chi connectivity index (χ2v) is 10.9.